The second-order valence-electron chi connectivity index (χ2n) is 6.41. The molecule has 0 aromatic heterocycles. The average Bonchev–Trinajstić information content (AvgIpc) is 2.77. The number of carbonyl (C=O) groups excluding carboxylic acids is 2. The molecule has 2 aromatic carbocycles. The topological polar surface area (TPSA) is 52.6 Å². The van der Waals surface area contributed by atoms with Crippen LogP contribution in [0, 0.1) is 0 Å². The zero-order valence-corrected chi connectivity index (χ0v) is 15.9. The van der Waals surface area contributed by atoms with Crippen molar-refractivity contribution in [1.29, 1.82) is 0 Å². The van der Waals surface area contributed by atoms with E-state index in [1.54, 1.807) is 30.3 Å². The third-order valence-electron chi connectivity index (χ3n) is 4.53. The summed E-state index contributed by atoms with van der Waals surface area (Å²) in [4.78, 5) is 22.5. The molecule has 0 N–H and O–H groups in total. The lowest BCUT2D eigenvalue weighted by atomic mass is 9.86. The van der Waals surface area contributed by atoms with Gasteiger partial charge in [-0.15, -0.1) is 0 Å². The van der Waals surface area contributed by atoms with Gasteiger partial charge >= 0.3 is 11.9 Å². The Morgan fingerprint density at radius 2 is 1.37 bits per heavy atom. The van der Waals surface area contributed by atoms with Crippen molar-refractivity contribution in [1.82, 2.24) is 0 Å². The number of esters is 2. The highest BCUT2D eigenvalue weighted by atomic mass is 19.2. The van der Waals surface area contributed by atoms with Gasteiger partial charge in [0.1, 0.15) is 17.3 Å². The van der Waals surface area contributed by atoms with Gasteiger partial charge in [-0.1, -0.05) is 43.5 Å². The van der Waals surface area contributed by atoms with E-state index in [0.29, 0.717) is 11.1 Å². The number of allylic oxidation sites excluding steroid dienone is 4. The van der Waals surface area contributed by atoms with Gasteiger partial charge in [0.2, 0.25) is 0 Å². The van der Waals surface area contributed by atoms with Crippen molar-refractivity contribution in [3.05, 3.63) is 103 Å². The summed E-state index contributed by atoms with van der Waals surface area (Å²) in [7, 11) is 0. The van der Waals surface area contributed by atoms with Gasteiger partial charge in [-0.3, -0.25) is 0 Å². The molecule has 0 spiro atoms. The maximum Gasteiger partial charge on any atom is 0.335 e. The number of carbonyl (C=O) groups is 2. The first-order chi connectivity index (χ1) is 14.4. The fourth-order valence-corrected chi connectivity index (χ4v) is 3.02. The first kappa shape index (κ1) is 20.9. The van der Waals surface area contributed by atoms with Gasteiger partial charge < -0.3 is 9.47 Å². The Balaban J connectivity index is 1.77. The Bertz CT molecular complexity index is 1050. The van der Waals surface area contributed by atoms with Crippen LogP contribution in [-0.4, -0.2) is 11.9 Å². The van der Waals surface area contributed by atoms with Crippen LogP contribution < -0.4 is 9.47 Å². The molecular formula is C24H18F2O4. The van der Waals surface area contributed by atoms with Crippen LogP contribution in [0.5, 0.6) is 11.5 Å². The molecule has 0 aliphatic heterocycles. The number of halogens is 2. The SMILES string of the molecule is C=CC(=O)Oc1ccc(C2=CCC(c3ccc(OC(=O)C=C)cc3)C(F)=C2F)cc1. The van der Waals surface area contributed by atoms with E-state index < -0.39 is 29.5 Å². The molecule has 0 bridgehead atoms. The van der Waals surface area contributed by atoms with Crippen LogP contribution in [0.25, 0.3) is 5.57 Å². The Morgan fingerprint density at radius 1 is 0.867 bits per heavy atom. The highest BCUT2D eigenvalue weighted by Crippen LogP contribution is 2.42. The van der Waals surface area contributed by atoms with Gasteiger partial charge in [0, 0.05) is 23.6 Å². The Hall–Kier alpha value is -3.80. The van der Waals surface area contributed by atoms with Crippen LogP contribution in [0.4, 0.5) is 8.78 Å². The van der Waals surface area contributed by atoms with E-state index in [1.807, 2.05) is 0 Å². The van der Waals surface area contributed by atoms with Gasteiger partial charge in [0.25, 0.3) is 0 Å². The molecule has 0 fully saturated rings. The van der Waals surface area contributed by atoms with E-state index in [-0.39, 0.29) is 23.5 Å². The molecule has 2 aromatic rings. The Labute approximate surface area is 172 Å². The van der Waals surface area contributed by atoms with Gasteiger partial charge in [0.15, 0.2) is 5.83 Å². The Morgan fingerprint density at radius 3 is 1.87 bits per heavy atom. The van der Waals surface area contributed by atoms with E-state index in [2.05, 4.69) is 13.2 Å². The van der Waals surface area contributed by atoms with Crippen molar-refractivity contribution in [2.24, 2.45) is 0 Å². The number of benzene rings is 2. The molecule has 152 valence electrons. The lowest BCUT2D eigenvalue weighted by Gasteiger charge is -2.21. The van der Waals surface area contributed by atoms with Crippen LogP contribution >= 0.6 is 0 Å². The van der Waals surface area contributed by atoms with Crippen molar-refractivity contribution >= 4 is 17.5 Å². The standard InChI is InChI=1S/C24H18F2O4/c1-3-21(27)29-17-9-5-15(6-10-17)19-13-14-20(24(26)23(19)25)16-7-11-18(12-8-16)30-22(28)4-2/h3-13,20H,1-2,14H2. The lowest BCUT2D eigenvalue weighted by Crippen LogP contribution is -2.07. The quantitative estimate of drug-likeness (QED) is 0.355. The molecule has 6 heteroatoms. The van der Waals surface area contributed by atoms with Crippen LogP contribution in [0.2, 0.25) is 0 Å². The fraction of sp³-hybridized carbons (Fsp3) is 0.0833. The Kier molecular flexibility index (Phi) is 6.37. The van der Waals surface area contributed by atoms with Gasteiger partial charge in [-0.25, -0.2) is 18.4 Å². The molecule has 0 saturated heterocycles. The highest BCUT2D eigenvalue weighted by Gasteiger charge is 2.27. The summed E-state index contributed by atoms with van der Waals surface area (Å²) in [5.74, 6) is -3.22. The average molecular weight is 408 g/mol. The van der Waals surface area contributed by atoms with E-state index in [1.165, 1.54) is 24.3 Å². The molecule has 0 radical (unpaired) electrons. The molecule has 0 amide bonds. The second kappa shape index (κ2) is 9.13. The smallest absolute Gasteiger partial charge is 0.335 e. The van der Waals surface area contributed by atoms with E-state index >= 15 is 0 Å². The van der Waals surface area contributed by atoms with Crippen molar-refractivity contribution in [2.75, 3.05) is 0 Å². The monoisotopic (exact) mass is 408 g/mol. The summed E-state index contributed by atoms with van der Waals surface area (Å²) in [5.41, 5.74) is 1.16. The predicted molar refractivity (Wildman–Crippen MR) is 109 cm³/mol. The van der Waals surface area contributed by atoms with Crippen LogP contribution in [0.15, 0.2) is 91.6 Å². The second-order valence-corrected chi connectivity index (χ2v) is 6.41. The summed E-state index contributed by atoms with van der Waals surface area (Å²) < 4.78 is 39.6. The molecule has 1 unspecified atom stereocenters. The minimum atomic E-state index is -0.941. The molecular weight excluding hydrogens is 390 g/mol. The number of hydrogen-bond donors (Lipinski definition) is 0. The largest absolute Gasteiger partial charge is 0.423 e. The lowest BCUT2D eigenvalue weighted by molar-refractivity contribution is -0.129. The third-order valence-corrected chi connectivity index (χ3v) is 4.53. The highest BCUT2D eigenvalue weighted by molar-refractivity contribution is 5.84. The molecule has 1 aliphatic rings. The van der Waals surface area contributed by atoms with Gasteiger partial charge in [-0.05, 0) is 41.8 Å². The zero-order valence-electron chi connectivity index (χ0n) is 15.9. The van der Waals surface area contributed by atoms with E-state index in [9.17, 15) is 18.4 Å². The van der Waals surface area contributed by atoms with Crippen LogP contribution in [0.3, 0.4) is 0 Å². The molecule has 3 rings (SSSR count). The molecule has 0 saturated carbocycles. The first-order valence-electron chi connectivity index (χ1n) is 9.07. The van der Waals surface area contributed by atoms with Crippen molar-refractivity contribution in [2.45, 2.75) is 12.3 Å². The zero-order chi connectivity index (χ0) is 21.7. The predicted octanol–water partition coefficient (Wildman–Crippen LogP) is 5.59. The summed E-state index contributed by atoms with van der Waals surface area (Å²) in [5, 5.41) is 0. The molecule has 1 aliphatic carbocycles. The van der Waals surface area contributed by atoms with Crippen molar-refractivity contribution in [3.8, 4) is 11.5 Å². The molecule has 30 heavy (non-hydrogen) atoms. The summed E-state index contributed by atoms with van der Waals surface area (Å²) in [6, 6.07) is 12.3. The van der Waals surface area contributed by atoms with Crippen molar-refractivity contribution in [3.63, 3.8) is 0 Å². The van der Waals surface area contributed by atoms with E-state index in [4.69, 9.17) is 9.47 Å². The van der Waals surface area contributed by atoms with E-state index in [0.717, 1.165) is 12.2 Å². The first-order valence-corrected chi connectivity index (χ1v) is 9.07. The normalized spacial score (nSPS) is 15.8. The van der Waals surface area contributed by atoms with Gasteiger partial charge in [-0.2, -0.15) is 0 Å². The minimum absolute atomic E-state index is 0.141. The van der Waals surface area contributed by atoms with Gasteiger partial charge in [0.05, 0.1) is 0 Å². The number of rotatable bonds is 6. The number of ether oxygens (including phenoxy) is 2. The number of hydrogen-bond acceptors (Lipinski definition) is 4. The molecule has 1 atom stereocenters. The maximum absolute atomic E-state index is 14.8. The van der Waals surface area contributed by atoms with Crippen molar-refractivity contribution < 1.29 is 27.8 Å². The van der Waals surface area contributed by atoms with Crippen LogP contribution in [-0.2, 0) is 9.59 Å². The third kappa shape index (κ3) is 4.60. The summed E-state index contributed by atoms with van der Waals surface area (Å²) >= 11 is 0. The summed E-state index contributed by atoms with van der Waals surface area (Å²) in [6.07, 6.45) is 3.95. The van der Waals surface area contributed by atoms with Crippen LogP contribution in [0.1, 0.15) is 23.5 Å². The molecule has 0 heterocycles. The molecule has 4 nitrogen and oxygen atoms in total. The fourth-order valence-electron chi connectivity index (χ4n) is 3.02. The summed E-state index contributed by atoms with van der Waals surface area (Å²) in [6.45, 7) is 6.63. The minimum Gasteiger partial charge on any atom is -0.423 e. The maximum atomic E-state index is 14.8.